The van der Waals surface area contributed by atoms with E-state index < -0.39 is 11.7 Å². The van der Waals surface area contributed by atoms with Gasteiger partial charge in [-0.1, -0.05) is 18.2 Å². The van der Waals surface area contributed by atoms with Crippen LogP contribution >= 0.6 is 11.6 Å². The first-order valence-corrected chi connectivity index (χ1v) is 8.33. The fourth-order valence-corrected chi connectivity index (χ4v) is 2.85. The van der Waals surface area contributed by atoms with Gasteiger partial charge in [-0.2, -0.15) is 13.2 Å². The number of hydrogen-bond acceptors (Lipinski definition) is 2. The van der Waals surface area contributed by atoms with Gasteiger partial charge in [-0.15, -0.1) is 11.6 Å². The van der Waals surface area contributed by atoms with Crippen LogP contribution < -0.4 is 4.74 Å². The minimum atomic E-state index is -4.38. The van der Waals surface area contributed by atoms with Gasteiger partial charge in [-0.05, 0) is 53.1 Å². The molecule has 0 spiro atoms. The molecule has 3 aromatic rings. The average molecular weight is 378 g/mol. The third-order valence-corrected chi connectivity index (χ3v) is 4.26. The zero-order valence-electron chi connectivity index (χ0n) is 13.8. The minimum absolute atomic E-state index is 0.267. The Bertz CT molecular complexity index is 925. The molecule has 1 heterocycles. The molecule has 0 saturated heterocycles. The molecule has 0 atom stereocenters. The highest BCUT2D eigenvalue weighted by atomic mass is 35.5. The number of alkyl halides is 4. The van der Waals surface area contributed by atoms with Gasteiger partial charge < -0.3 is 4.74 Å². The van der Waals surface area contributed by atoms with Crippen molar-refractivity contribution in [3.05, 3.63) is 72.1 Å². The molecule has 0 amide bonds. The summed E-state index contributed by atoms with van der Waals surface area (Å²) in [4.78, 5) is 4.16. The van der Waals surface area contributed by atoms with Crippen LogP contribution in [-0.4, -0.2) is 12.1 Å². The summed E-state index contributed by atoms with van der Waals surface area (Å²) in [6, 6.07) is 14.2. The van der Waals surface area contributed by atoms with Crippen molar-refractivity contribution < 1.29 is 17.9 Å². The highest BCUT2D eigenvalue weighted by Crippen LogP contribution is 2.36. The van der Waals surface area contributed by atoms with Gasteiger partial charge in [0.25, 0.3) is 0 Å². The van der Waals surface area contributed by atoms with Gasteiger partial charge >= 0.3 is 6.18 Å². The molecule has 6 heteroatoms. The van der Waals surface area contributed by atoms with Crippen LogP contribution in [0.2, 0.25) is 0 Å². The molecule has 0 bridgehead atoms. The number of pyridine rings is 1. The van der Waals surface area contributed by atoms with E-state index in [2.05, 4.69) is 4.98 Å². The fourth-order valence-electron chi connectivity index (χ4n) is 2.71. The Morgan fingerprint density at radius 2 is 1.73 bits per heavy atom. The summed E-state index contributed by atoms with van der Waals surface area (Å²) in [6.45, 7) is 0. The van der Waals surface area contributed by atoms with E-state index in [1.165, 1.54) is 6.07 Å². The summed E-state index contributed by atoms with van der Waals surface area (Å²) in [5, 5.41) is 0. The number of rotatable bonds is 4. The summed E-state index contributed by atoms with van der Waals surface area (Å²) >= 11 is 5.85. The first-order valence-electron chi connectivity index (χ1n) is 7.79. The second kappa shape index (κ2) is 7.38. The molecule has 0 unspecified atom stereocenters. The van der Waals surface area contributed by atoms with E-state index in [1.54, 1.807) is 31.5 Å². The third kappa shape index (κ3) is 3.83. The molecule has 0 aliphatic carbocycles. The molecule has 26 heavy (non-hydrogen) atoms. The van der Waals surface area contributed by atoms with Crippen LogP contribution in [-0.2, 0) is 12.1 Å². The Labute approximate surface area is 154 Å². The van der Waals surface area contributed by atoms with Crippen molar-refractivity contribution in [3.63, 3.8) is 0 Å². The zero-order chi connectivity index (χ0) is 18.7. The Morgan fingerprint density at radius 1 is 0.962 bits per heavy atom. The highest BCUT2D eigenvalue weighted by Gasteiger charge is 2.30. The van der Waals surface area contributed by atoms with Gasteiger partial charge in [0.1, 0.15) is 5.75 Å². The van der Waals surface area contributed by atoms with Crippen LogP contribution in [0.5, 0.6) is 5.75 Å². The lowest BCUT2D eigenvalue weighted by Crippen LogP contribution is -2.04. The number of methoxy groups -OCH3 is 1. The Morgan fingerprint density at radius 3 is 2.42 bits per heavy atom. The molecule has 2 aromatic carbocycles. The first kappa shape index (κ1) is 18.3. The molecule has 0 aliphatic rings. The zero-order valence-corrected chi connectivity index (χ0v) is 14.6. The Hall–Kier alpha value is -2.53. The van der Waals surface area contributed by atoms with Gasteiger partial charge in [0.2, 0.25) is 0 Å². The minimum Gasteiger partial charge on any atom is -0.496 e. The SMILES string of the molecule is COc1ccc(-c2cccc(C(F)(F)F)c2)cc1-c1ccnc(CCl)c1. The van der Waals surface area contributed by atoms with Crippen LogP contribution in [0.1, 0.15) is 11.3 Å². The predicted molar refractivity (Wildman–Crippen MR) is 96.2 cm³/mol. The highest BCUT2D eigenvalue weighted by molar-refractivity contribution is 6.16. The molecule has 0 saturated carbocycles. The lowest BCUT2D eigenvalue weighted by atomic mass is 9.97. The van der Waals surface area contributed by atoms with Crippen LogP contribution in [0.15, 0.2) is 60.8 Å². The van der Waals surface area contributed by atoms with Gasteiger partial charge in [0, 0.05) is 11.8 Å². The van der Waals surface area contributed by atoms with Gasteiger partial charge in [0.15, 0.2) is 0 Å². The molecule has 0 aliphatic heterocycles. The lowest BCUT2D eigenvalue weighted by Gasteiger charge is -2.13. The van der Waals surface area contributed by atoms with Crippen molar-refractivity contribution in [2.24, 2.45) is 0 Å². The molecule has 0 N–H and O–H groups in total. The fraction of sp³-hybridized carbons (Fsp3) is 0.150. The Balaban J connectivity index is 2.11. The predicted octanol–water partition coefficient (Wildman–Crippen LogP) is 6.18. The van der Waals surface area contributed by atoms with E-state index in [-0.39, 0.29) is 5.88 Å². The van der Waals surface area contributed by atoms with Crippen molar-refractivity contribution >= 4 is 11.6 Å². The smallest absolute Gasteiger partial charge is 0.416 e. The number of halogens is 4. The molecule has 0 fully saturated rings. The molecule has 3 rings (SSSR count). The number of hydrogen-bond donors (Lipinski definition) is 0. The average Bonchev–Trinajstić information content (AvgIpc) is 2.67. The summed E-state index contributed by atoms with van der Waals surface area (Å²) in [7, 11) is 1.55. The molecule has 134 valence electrons. The van der Waals surface area contributed by atoms with Crippen molar-refractivity contribution in [2.45, 2.75) is 12.1 Å². The molecular formula is C20H15ClF3NO. The van der Waals surface area contributed by atoms with Gasteiger partial charge in [-0.25, -0.2) is 0 Å². The summed E-state index contributed by atoms with van der Waals surface area (Å²) in [5.41, 5.74) is 2.76. The maximum Gasteiger partial charge on any atom is 0.416 e. The van der Waals surface area contributed by atoms with Crippen molar-refractivity contribution in [1.29, 1.82) is 0 Å². The van der Waals surface area contributed by atoms with Gasteiger partial charge in [-0.3, -0.25) is 4.98 Å². The van der Waals surface area contributed by atoms with E-state index in [9.17, 15) is 13.2 Å². The Kier molecular flexibility index (Phi) is 5.18. The van der Waals surface area contributed by atoms with E-state index in [0.717, 1.165) is 23.3 Å². The summed E-state index contributed by atoms with van der Waals surface area (Å²) in [5.74, 6) is 0.885. The van der Waals surface area contributed by atoms with Gasteiger partial charge in [0.05, 0.1) is 24.2 Å². The largest absolute Gasteiger partial charge is 0.496 e. The van der Waals surface area contributed by atoms with E-state index >= 15 is 0 Å². The summed E-state index contributed by atoms with van der Waals surface area (Å²) in [6.07, 6.45) is -2.74. The van der Waals surface area contributed by atoms with Crippen LogP contribution in [0.3, 0.4) is 0 Å². The lowest BCUT2D eigenvalue weighted by molar-refractivity contribution is -0.137. The normalized spacial score (nSPS) is 11.4. The molecule has 0 radical (unpaired) electrons. The second-order valence-corrected chi connectivity index (χ2v) is 5.93. The maximum atomic E-state index is 13.0. The quantitative estimate of drug-likeness (QED) is 0.506. The van der Waals surface area contributed by atoms with Crippen LogP contribution in [0.4, 0.5) is 13.2 Å². The topological polar surface area (TPSA) is 22.1 Å². The molecule has 1 aromatic heterocycles. The summed E-state index contributed by atoms with van der Waals surface area (Å²) < 4.78 is 44.4. The van der Waals surface area contributed by atoms with E-state index in [0.29, 0.717) is 22.6 Å². The van der Waals surface area contributed by atoms with E-state index in [4.69, 9.17) is 16.3 Å². The van der Waals surface area contributed by atoms with Crippen LogP contribution in [0.25, 0.3) is 22.3 Å². The van der Waals surface area contributed by atoms with Crippen molar-refractivity contribution in [3.8, 4) is 28.0 Å². The van der Waals surface area contributed by atoms with Crippen LogP contribution in [0, 0.1) is 0 Å². The number of benzene rings is 2. The second-order valence-electron chi connectivity index (χ2n) is 5.66. The molecular weight excluding hydrogens is 363 g/mol. The number of nitrogens with zero attached hydrogens (tertiary/aromatic N) is 1. The van der Waals surface area contributed by atoms with Crippen molar-refractivity contribution in [1.82, 2.24) is 4.98 Å². The number of ether oxygens (including phenoxy) is 1. The monoisotopic (exact) mass is 377 g/mol. The standard InChI is InChI=1S/C20H15ClF3NO/c1-26-19-6-5-14(13-3-2-4-16(9-13)20(22,23)24)11-18(19)15-7-8-25-17(10-15)12-21/h2-11H,12H2,1H3. The van der Waals surface area contributed by atoms with Crippen molar-refractivity contribution in [2.75, 3.05) is 7.11 Å². The first-order chi connectivity index (χ1) is 12.4. The third-order valence-electron chi connectivity index (χ3n) is 3.99. The molecule has 2 nitrogen and oxygen atoms in total. The van der Waals surface area contributed by atoms with E-state index in [1.807, 2.05) is 18.2 Å². The number of aromatic nitrogens is 1. The maximum absolute atomic E-state index is 13.0.